The van der Waals surface area contributed by atoms with Crippen molar-refractivity contribution in [2.75, 3.05) is 17.3 Å². The quantitative estimate of drug-likeness (QED) is 0.727. The summed E-state index contributed by atoms with van der Waals surface area (Å²) < 4.78 is 32.1. The van der Waals surface area contributed by atoms with Crippen molar-refractivity contribution in [2.24, 2.45) is 0 Å². The molecule has 0 unspecified atom stereocenters. The first-order valence-corrected chi connectivity index (χ1v) is 8.38. The minimum absolute atomic E-state index is 0.197. The van der Waals surface area contributed by atoms with E-state index in [2.05, 4.69) is 10.2 Å². The van der Waals surface area contributed by atoms with Gasteiger partial charge in [-0.05, 0) is 36.0 Å². The molecule has 0 aromatic heterocycles. The van der Waals surface area contributed by atoms with Crippen LogP contribution < -0.4 is 14.9 Å². The average Bonchev–Trinajstić information content (AvgIpc) is 3.20. The molecule has 6 nitrogen and oxygen atoms in total. The van der Waals surface area contributed by atoms with Crippen LogP contribution in [0.3, 0.4) is 0 Å². The van der Waals surface area contributed by atoms with Crippen LogP contribution in [0, 0.1) is 0 Å². The predicted octanol–water partition coefficient (Wildman–Crippen LogP) is 2.70. The third-order valence-electron chi connectivity index (χ3n) is 3.49. The maximum Gasteiger partial charge on any atom is 0.235 e. The highest BCUT2D eigenvalue weighted by atomic mass is 32.2. The zero-order valence-electron chi connectivity index (χ0n) is 12.7. The highest BCUT2D eigenvalue weighted by molar-refractivity contribution is 7.93. The molecule has 0 radical (unpaired) electrons. The summed E-state index contributed by atoms with van der Waals surface area (Å²) in [5, 5.41) is 8.95. The van der Waals surface area contributed by atoms with Crippen molar-refractivity contribution < 1.29 is 18.4 Å². The van der Waals surface area contributed by atoms with Crippen molar-refractivity contribution in [2.45, 2.75) is 44.3 Å². The van der Waals surface area contributed by atoms with Gasteiger partial charge < -0.3 is 4.74 Å². The largest absolute Gasteiger partial charge is 0.492 e. The van der Waals surface area contributed by atoms with E-state index in [1.54, 1.807) is 12.1 Å². The molecule has 0 bridgehead atoms. The zero-order chi connectivity index (χ0) is 15.8. The van der Waals surface area contributed by atoms with Crippen LogP contribution in [0.4, 0.5) is 11.4 Å². The molecule has 2 rings (SSSR count). The van der Waals surface area contributed by atoms with Gasteiger partial charge in [-0.1, -0.05) is 20.8 Å². The highest BCUT2D eigenvalue weighted by Crippen LogP contribution is 2.40. The van der Waals surface area contributed by atoms with Gasteiger partial charge in [0.1, 0.15) is 5.69 Å². The lowest BCUT2D eigenvalue weighted by molar-refractivity contribution is 0.373. The lowest BCUT2D eigenvalue weighted by Crippen LogP contribution is -2.19. The Morgan fingerprint density at radius 1 is 1.24 bits per heavy atom. The highest BCUT2D eigenvalue weighted by Gasteiger charge is 2.36. The van der Waals surface area contributed by atoms with E-state index in [1.165, 1.54) is 7.11 Å². The summed E-state index contributed by atoms with van der Waals surface area (Å²) in [5.41, 5.74) is 3.43. The fraction of sp³-hybridized carbons (Fsp3) is 0.571. The summed E-state index contributed by atoms with van der Waals surface area (Å²) in [6, 6.07) is 3.49. The second-order valence-electron chi connectivity index (χ2n) is 6.31. The summed E-state index contributed by atoms with van der Waals surface area (Å²) in [6.07, 6.45) is 1.36. The molecule has 118 valence electrons. The molecule has 1 fully saturated rings. The third-order valence-corrected chi connectivity index (χ3v) is 5.35. The van der Waals surface area contributed by atoms with E-state index in [9.17, 15) is 13.6 Å². The van der Waals surface area contributed by atoms with Gasteiger partial charge in [0, 0.05) is 0 Å². The molecule has 0 saturated heterocycles. The normalized spacial score (nSPS) is 15.7. The van der Waals surface area contributed by atoms with Crippen molar-refractivity contribution in [1.29, 1.82) is 0 Å². The molecule has 0 atom stereocenters. The van der Waals surface area contributed by atoms with E-state index >= 15 is 0 Å². The first-order valence-electron chi connectivity index (χ1n) is 6.83. The molecule has 1 aromatic carbocycles. The molecular formula is C14H22N2O4S. The molecule has 1 aliphatic carbocycles. The van der Waals surface area contributed by atoms with Crippen molar-refractivity contribution in [3.05, 3.63) is 17.7 Å². The van der Waals surface area contributed by atoms with Gasteiger partial charge in [-0.2, -0.15) is 0 Å². The minimum atomic E-state index is -3.40. The molecule has 0 spiro atoms. The Hall–Kier alpha value is -1.47. The summed E-state index contributed by atoms with van der Waals surface area (Å²) >= 11 is 0. The number of benzene rings is 1. The van der Waals surface area contributed by atoms with Crippen LogP contribution in [0.5, 0.6) is 5.75 Å². The lowest BCUT2D eigenvalue weighted by Gasteiger charge is -2.23. The molecule has 0 amide bonds. The summed E-state index contributed by atoms with van der Waals surface area (Å²) in [4.78, 5) is 0. The molecular weight excluding hydrogens is 292 g/mol. The molecule has 21 heavy (non-hydrogen) atoms. The number of methoxy groups -OCH3 is 1. The van der Waals surface area contributed by atoms with Gasteiger partial charge in [-0.15, -0.1) is 0 Å². The van der Waals surface area contributed by atoms with Crippen LogP contribution in [-0.2, 0) is 15.4 Å². The van der Waals surface area contributed by atoms with Crippen LogP contribution in [0.2, 0.25) is 0 Å². The Morgan fingerprint density at radius 3 is 2.24 bits per heavy atom. The van der Waals surface area contributed by atoms with E-state index in [-0.39, 0.29) is 16.4 Å². The zero-order valence-corrected chi connectivity index (χ0v) is 13.5. The number of hydrogen-bond acceptors (Lipinski definition) is 5. The molecule has 0 aliphatic heterocycles. The fourth-order valence-electron chi connectivity index (χ4n) is 2.06. The SMILES string of the molecule is COc1c(NO)cc(C(C)(C)C)cc1NS(=O)(=O)C1CC1. The van der Waals surface area contributed by atoms with Crippen LogP contribution >= 0.6 is 0 Å². The molecule has 7 heteroatoms. The van der Waals surface area contributed by atoms with E-state index in [0.717, 1.165) is 5.56 Å². The number of rotatable bonds is 5. The average molecular weight is 314 g/mol. The molecule has 1 aromatic rings. The van der Waals surface area contributed by atoms with Crippen molar-refractivity contribution >= 4 is 21.4 Å². The van der Waals surface area contributed by atoms with Crippen LogP contribution in [0.25, 0.3) is 0 Å². The Balaban J connectivity index is 2.51. The Morgan fingerprint density at radius 2 is 1.81 bits per heavy atom. The molecule has 3 N–H and O–H groups in total. The first-order chi connectivity index (χ1) is 9.69. The Labute approximate surface area is 125 Å². The fourth-order valence-corrected chi connectivity index (χ4v) is 3.44. The second kappa shape index (κ2) is 5.38. The predicted molar refractivity (Wildman–Crippen MR) is 82.7 cm³/mol. The second-order valence-corrected chi connectivity index (χ2v) is 8.27. The smallest absolute Gasteiger partial charge is 0.235 e. The van der Waals surface area contributed by atoms with Gasteiger partial charge in [0.05, 0.1) is 18.0 Å². The monoisotopic (exact) mass is 314 g/mol. The van der Waals surface area contributed by atoms with E-state index < -0.39 is 10.0 Å². The lowest BCUT2D eigenvalue weighted by atomic mass is 9.86. The van der Waals surface area contributed by atoms with Crippen molar-refractivity contribution in [3.8, 4) is 5.75 Å². The van der Waals surface area contributed by atoms with Gasteiger partial charge in [0.25, 0.3) is 0 Å². The van der Waals surface area contributed by atoms with Gasteiger partial charge in [-0.25, -0.2) is 8.42 Å². The number of anilines is 2. The number of sulfonamides is 1. The van der Waals surface area contributed by atoms with Crippen LogP contribution in [0.1, 0.15) is 39.2 Å². The summed E-state index contributed by atoms with van der Waals surface area (Å²) in [5.74, 6) is 0.273. The molecule has 0 heterocycles. The topological polar surface area (TPSA) is 87.7 Å². The first kappa shape index (κ1) is 15.9. The van der Waals surface area contributed by atoms with E-state index in [0.29, 0.717) is 24.2 Å². The van der Waals surface area contributed by atoms with Crippen LogP contribution in [0.15, 0.2) is 12.1 Å². The number of hydrogen-bond donors (Lipinski definition) is 3. The van der Waals surface area contributed by atoms with Gasteiger partial charge in [0.2, 0.25) is 10.0 Å². The van der Waals surface area contributed by atoms with E-state index in [1.807, 2.05) is 20.8 Å². The van der Waals surface area contributed by atoms with Gasteiger partial charge >= 0.3 is 0 Å². The van der Waals surface area contributed by atoms with Crippen molar-refractivity contribution in [3.63, 3.8) is 0 Å². The maximum absolute atomic E-state index is 12.1. The molecule has 1 saturated carbocycles. The van der Waals surface area contributed by atoms with E-state index in [4.69, 9.17) is 4.74 Å². The van der Waals surface area contributed by atoms with Crippen molar-refractivity contribution in [1.82, 2.24) is 0 Å². The maximum atomic E-state index is 12.1. The summed E-state index contributed by atoms with van der Waals surface area (Å²) in [6.45, 7) is 6.03. The molecule has 1 aliphatic rings. The number of nitrogens with one attached hydrogen (secondary N) is 2. The Bertz CT molecular complexity index is 631. The summed E-state index contributed by atoms with van der Waals surface area (Å²) in [7, 11) is -1.97. The van der Waals surface area contributed by atoms with Gasteiger partial charge in [-0.3, -0.25) is 15.4 Å². The minimum Gasteiger partial charge on any atom is -0.492 e. The van der Waals surface area contributed by atoms with Crippen LogP contribution in [-0.4, -0.2) is 26.0 Å². The number of ether oxygens (including phenoxy) is 1. The van der Waals surface area contributed by atoms with Gasteiger partial charge in [0.15, 0.2) is 5.75 Å². The Kier molecular flexibility index (Phi) is 4.08. The third kappa shape index (κ3) is 3.41. The standard InChI is InChI=1S/C14H22N2O4S/c1-14(2,3)9-7-11(15-17)13(20-4)12(8-9)16-21(18,19)10-5-6-10/h7-8,10,15-17H,5-6H2,1-4H3.